The van der Waals surface area contributed by atoms with Crippen LogP contribution in [0.5, 0.6) is 11.5 Å². The number of amides is 1. The van der Waals surface area contributed by atoms with Gasteiger partial charge in [-0.05, 0) is 17.7 Å². The van der Waals surface area contributed by atoms with E-state index in [1.54, 1.807) is 0 Å². The largest absolute Gasteiger partial charge is 0.490 e. The van der Waals surface area contributed by atoms with Crippen molar-refractivity contribution in [2.45, 2.75) is 19.5 Å². The summed E-state index contributed by atoms with van der Waals surface area (Å²) in [7, 11) is 0. The summed E-state index contributed by atoms with van der Waals surface area (Å²) in [5.41, 5.74) is 0.670. The van der Waals surface area contributed by atoms with Crippen LogP contribution < -0.4 is 14.8 Å². The maximum absolute atomic E-state index is 11.9. The SMILES string of the molecule is O=C(Cn1cc(C(=O)O)nn1)NCc1ccc2c(c1)OCCCO2. The van der Waals surface area contributed by atoms with Gasteiger partial charge in [-0.2, -0.15) is 0 Å². The fourth-order valence-corrected chi connectivity index (χ4v) is 2.20. The Labute approximate surface area is 137 Å². The van der Waals surface area contributed by atoms with Gasteiger partial charge in [0.2, 0.25) is 5.91 Å². The average molecular weight is 332 g/mol. The highest BCUT2D eigenvalue weighted by Crippen LogP contribution is 2.30. The molecule has 1 amide bonds. The van der Waals surface area contributed by atoms with Crippen LogP contribution in [0.2, 0.25) is 0 Å². The van der Waals surface area contributed by atoms with Gasteiger partial charge >= 0.3 is 5.97 Å². The molecule has 1 aliphatic heterocycles. The first-order chi connectivity index (χ1) is 11.6. The molecule has 0 bridgehead atoms. The van der Waals surface area contributed by atoms with Crippen LogP contribution in [0.1, 0.15) is 22.5 Å². The summed E-state index contributed by atoms with van der Waals surface area (Å²) in [5.74, 6) is -0.120. The van der Waals surface area contributed by atoms with Crippen LogP contribution in [-0.4, -0.2) is 45.2 Å². The van der Waals surface area contributed by atoms with Crippen LogP contribution in [0.4, 0.5) is 0 Å². The molecule has 0 fully saturated rings. The summed E-state index contributed by atoms with van der Waals surface area (Å²) in [4.78, 5) is 22.6. The molecule has 0 saturated heterocycles. The monoisotopic (exact) mass is 332 g/mol. The zero-order valence-corrected chi connectivity index (χ0v) is 12.8. The number of benzene rings is 1. The molecule has 2 aromatic rings. The molecule has 0 atom stereocenters. The van der Waals surface area contributed by atoms with Crippen molar-refractivity contribution in [2.75, 3.05) is 13.2 Å². The number of fused-ring (bicyclic) bond motifs is 1. The summed E-state index contributed by atoms with van der Waals surface area (Å²) in [6, 6.07) is 5.50. The van der Waals surface area contributed by atoms with Gasteiger partial charge in [0.25, 0.3) is 0 Å². The van der Waals surface area contributed by atoms with Crippen LogP contribution in [0.15, 0.2) is 24.4 Å². The van der Waals surface area contributed by atoms with Gasteiger partial charge in [0.15, 0.2) is 17.2 Å². The zero-order chi connectivity index (χ0) is 16.9. The second-order valence-electron chi connectivity index (χ2n) is 5.21. The van der Waals surface area contributed by atoms with Crippen LogP contribution in [-0.2, 0) is 17.9 Å². The van der Waals surface area contributed by atoms with E-state index in [9.17, 15) is 9.59 Å². The number of carbonyl (C=O) groups is 2. The Balaban J connectivity index is 1.56. The fourth-order valence-electron chi connectivity index (χ4n) is 2.20. The Bertz CT molecular complexity index is 758. The molecular weight excluding hydrogens is 316 g/mol. The first-order valence-electron chi connectivity index (χ1n) is 7.40. The maximum Gasteiger partial charge on any atom is 0.358 e. The highest BCUT2D eigenvalue weighted by Gasteiger charge is 2.12. The average Bonchev–Trinajstić information content (AvgIpc) is 2.90. The minimum Gasteiger partial charge on any atom is -0.490 e. The molecule has 1 aromatic heterocycles. The van der Waals surface area contributed by atoms with Crippen molar-refractivity contribution in [2.24, 2.45) is 0 Å². The number of hydrogen-bond donors (Lipinski definition) is 2. The molecular formula is C15H16N4O5. The number of aromatic carboxylic acids is 1. The number of nitrogens with zero attached hydrogens (tertiary/aromatic N) is 3. The number of carbonyl (C=O) groups excluding carboxylic acids is 1. The van der Waals surface area contributed by atoms with Crippen molar-refractivity contribution in [3.8, 4) is 11.5 Å². The molecule has 2 heterocycles. The second kappa shape index (κ2) is 6.99. The van der Waals surface area contributed by atoms with E-state index >= 15 is 0 Å². The van der Waals surface area contributed by atoms with Crippen molar-refractivity contribution >= 4 is 11.9 Å². The summed E-state index contributed by atoms with van der Waals surface area (Å²) in [6.07, 6.45) is 2.03. The van der Waals surface area contributed by atoms with Gasteiger partial charge in [-0.25, -0.2) is 9.48 Å². The maximum atomic E-state index is 11.9. The minimum absolute atomic E-state index is 0.106. The van der Waals surface area contributed by atoms with Crippen LogP contribution in [0.25, 0.3) is 0 Å². The third-order valence-corrected chi connectivity index (χ3v) is 3.36. The van der Waals surface area contributed by atoms with E-state index in [1.807, 2.05) is 18.2 Å². The van der Waals surface area contributed by atoms with E-state index in [0.717, 1.165) is 12.0 Å². The summed E-state index contributed by atoms with van der Waals surface area (Å²) in [5, 5.41) is 18.5. The lowest BCUT2D eigenvalue weighted by atomic mass is 10.2. The van der Waals surface area contributed by atoms with Gasteiger partial charge in [0.1, 0.15) is 6.54 Å². The topological polar surface area (TPSA) is 116 Å². The number of aromatic nitrogens is 3. The molecule has 0 spiro atoms. The Kier molecular flexibility index (Phi) is 4.59. The number of carboxylic acids is 1. The fraction of sp³-hybridized carbons (Fsp3) is 0.333. The van der Waals surface area contributed by atoms with Gasteiger partial charge < -0.3 is 19.9 Å². The third-order valence-electron chi connectivity index (χ3n) is 3.36. The van der Waals surface area contributed by atoms with E-state index in [2.05, 4.69) is 15.6 Å². The van der Waals surface area contributed by atoms with Gasteiger partial charge in [0, 0.05) is 13.0 Å². The van der Waals surface area contributed by atoms with Crippen molar-refractivity contribution in [1.82, 2.24) is 20.3 Å². The molecule has 1 aromatic carbocycles. The lowest BCUT2D eigenvalue weighted by Crippen LogP contribution is -2.27. The molecule has 0 radical (unpaired) electrons. The van der Waals surface area contributed by atoms with Crippen molar-refractivity contribution in [1.29, 1.82) is 0 Å². The number of ether oxygens (including phenoxy) is 2. The molecule has 0 aliphatic carbocycles. The Morgan fingerprint density at radius 1 is 1.25 bits per heavy atom. The Morgan fingerprint density at radius 3 is 2.79 bits per heavy atom. The predicted octanol–water partition coefficient (Wildman–Crippen LogP) is 0.454. The molecule has 1 aliphatic rings. The van der Waals surface area contributed by atoms with Crippen LogP contribution in [0.3, 0.4) is 0 Å². The van der Waals surface area contributed by atoms with E-state index < -0.39 is 5.97 Å². The number of carboxylic acid groups (broad SMARTS) is 1. The molecule has 9 nitrogen and oxygen atoms in total. The molecule has 9 heteroatoms. The quantitative estimate of drug-likeness (QED) is 0.817. The summed E-state index contributed by atoms with van der Waals surface area (Å²) in [6.45, 7) is 1.43. The Hall–Kier alpha value is -3.10. The van der Waals surface area contributed by atoms with Gasteiger partial charge in [-0.15, -0.1) is 5.10 Å². The summed E-state index contributed by atoms with van der Waals surface area (Å²) >= 11 is 0. The summed E-state index contributed by atoms with van der Waals surface area (Å²) < 4.78 is 12.3. The highest BCUT2D eigenvalue weighted by atomic mass is 16.5. The highest BCUT2D eigenvalue weighted by molar-refractivity contribution is 5.84. The molecule has 3 rings (SSSR count). The Morgan fingerprint density at radius 2 is 2.04 bits per heavy atom. The standard InChI is InChI=1S/C15H16N4O5/c20-14(9-19-8-11(15(21)22)17-18-19)16-7-10-2-3-12-13(6-10)24-5-1-4-23-12/h2-3,6,8H,1,4-5,7,9H2,(H,16,20)(H,21,22). The van der Waals surface area contributed by atoms with Gasteiger partial charge in [-0.1, -0.05) is 11.3 Å². The molecule has 0 saturated carbocycles. The molecule has 24 heavy (non-hydrogen) atoms. The normalized spacial score (nSPS) is 13.2. The van der Waals surface area contributed by atoms with Crippen molar-refractivity contribution in [3.63, 3.8) is 0 Å². The van der Waals surface area contributed by atoms with Crippen LogP contribution >= 0.6 is 0 Å². The van der Waals surface area contributed by atoms with E-state index in [4.69, 9.17) is 14.6 Å². The van der Waals surface area contributed by atoms with Gasteiger partial charge in [0.05, 0.1) is 19.4 Å². The second-order valence-corrected chi connectivity index (χ2v) is 5.21. The third kappa shape index (κ3) is 3.80. The number of hydrogen-bond acceptors (Lipinski definition) is 6. The lowest BCUT2D eigenvalue weighted by Gasteiger charge is -2.10. The van der Waals surface area contributed by atoms with Gasteiger partial charge in [-0.3, -0.25) is 4.79 Å². The number of nitrogens with one attached hydrogen (secondary N) is 1. The van der Waals surface area contributed by atoms with Crippen molar-refractivity contribution < 1.29 is 24.2 Å². The molecule has 2 N–H and O–H groups in total. The molecule has 126 valence electrons. The zero-order valence-electron chi connectivity index (χ0n) is 12.8. The first-order valence-corrected chi connectivity index (χ1v) is 7.40. The van der Waals surface area contributed by atoms with E-state index in [-0.39, 0.29) is 18.1 Å². The smallest absolute Gasteiger partial charge is 0.358 e. The van der Waals surface area contributed by atoms with E-state index in [1.165, 1.54) is 10.9 Å². The molecule has 0 unspecified atom stereocenters. The predicted molar refractivity (Wildman–Crippen MR) is 80.9 cm³/mol. The number of rotatable bonds is 5. The van der Waals surface area contributed by atoms with E-state index in [0.29, 0.717) is 31.3 Å². The lowest BCUT2D eigenvalue weighted by molar-refractivity contribution is -0.122. The van der Waals surface area contributed by atoms with Crippen molar-refractivity contribution in [3.05, 3.63) is 35.7 Å². The first kappa shape index (κ1) is 15.8. The minimum atomic E-state index is -1.19. The van der Waals surface area contributed by atoms with Crippen LogP contribution in [0, 0.1) is 0 Å².